The average molecular weight is 340 g/mol. The Balaban J connectivity index is 1.82. The lowest BCUT2D eigenvalue weighted by atomic mass is 9.99. The number of thioether (sulfide) groups is 1. The van der Waals surface area contributed by atoms with Gasteiger partial charge in [-0.05, 0) is 25.7 Å². The van der Waals surface area contributed by atoms with Crippen molar-refractivity contribution < 1.29 is 9.53 Å². The molecule has 0 saturated heterocycles. The summed E-state index contributed by atoms with van der Waals surface area (Å²) >= 11 is 13.7. The summed E-state index contributed by atoms with van der Waals surface area (Å²) in [4.78, 5) is 15.8. The summed E-state index contributed by atoms with van der Waals surface area (Å²) in [6.45, 7) is 0. The van der Waals surface area contributed by atoms with Crippen molar-refractivity contribution in [2.24, 2.45) is 0 Å². The van der Waals surface area contributed by atoms with Crippen LogP contribution in [0.4, 0.5) is 4.79 Å². The molecule has 1 aromatic heterocycles. The molecule has 1 fully saturated rings. The molecule has 106 valence electrons. The van der Waals surface area contributed by atoms with E-state index in [1.165, 1.54) is 30.6 Å². The lowest BCUT2D eigenvalue weighted by Gasteiger charge is -2.19. The van der Waals surface area contributed by atoms with Crippen LogP contribution in [0.5, 0.6) is 0 Å². The molecule has 7 heteroatoms. The molecule has 3 nitrogen and oxygen atoms in total. The molecule has 19 heavy (non-hydrogen) atoms. The number of carbonyl (C=O) groups is 1. The number of rotatable bonds is 2. The van der Waals surface area contributed by atoms with Crippen LogP contribution in [0.3, 0.4) is 0 Å². The van der Waals surface area contributed by atoms with Crippen LogP contribution in [-0.2, 0) is 4.74 Å². The second kappa shape index (κ2) is 7.72. The summed E-state index contributed by atoms with van der Waals surface area (Å²) < 4.78 is 6.42. The summed E-state index contributed by atoms with van der Waals surface area (Å²) in [7, 11) is 0. The third-order valence-corrected chi connectivity index (χ3v) is 5.57. The number of thiazole rings is 1. The van der Waals surface area contributed by atoms with E-state index in [0.717, 1.165) is 37.4 Å². The van der Waals surface area contributed by atoms with Crippen LogP contribution in [0.1, 0.15) is 44.9 Å². The number of hydrogen-bond acceptors (Lipinski definition) is 5. The highest BCUT2D eigenvalue weighted by atomic mass is 35.5. The minimum Gasteiger partial charge on any atom is -0.454 e. The minimum atomic E-state index is -0.312. The van der Waals surface area contributed by atoms with Crippen LogP contribution >= 0.6 is 46.3 Å². The highest BCUT2D eigenvalue weighted by Gasteiger charge is 2.19. The number of ether oxygens (including phenoxy) is 1. The predicted octanol–water partition coefficient (Wildman–Crippen LogP) is 5.79. The number of hydrogen-bond donors (Lipinski definition) is 0. The molecule has 0 N–H and O–H groups in total. The molecule has 0 unspecified atom stereocenters. The van der Waals surface area contributed by atoms with Crippen LogP contribution in [0.2, 0.25) is 9.49 Å². The Hall–Kier alpha value is 0.0300. The zero-order valence-electron chi connectivity index (χ0n) is 10.4. The monoisotopic (exact) mass is 339 g/mol. The highest BCUT2D eigenvalue weighted by molar-refractivity contribution is 8.14. The molecule has 0 radical (unpaired) electrons. The van der Waals surface area contributed by atoms with Gasteiger partial charge in [0.15, 0.2) is 9.49 Å². The molecule has 1 aliphatic carbocycles. The summed E-state index contributed by atoms with van der Waals surface area (Å²) in [6, 6.07) is 0. The summed E-state index contributed by atoms with van der Waals surface area (Å²) in [5.41, 5.74) is 0. The van der Waals surface area contributed by atoms with Gasteiger partial charge in [-0.25, -0.2) is 9.78 Å². The summed E-state index contributed by atoms with van der Waals surface area (Å²) in [5.74, 6) is 0. The van der Waals surface area contributed by atoms with Crippen molar-refractivity contribution in [3.63, 3.8) is 0 Å². The van der Waals surface area contributed by atoms with Crippen LogP contribution in [0.15, 0.2) is 4.34 Å². The van der Waals surface area contributed by atoms with Gasteiger partial charge in [-0.3, -0.25) is 0 Å². The highest BCUT2D eigenvalue weighted by Crippen LogP contribution is 2.35. The first-order chi connectivity index (χ1) is 9.15. The van der Waals surface area contributed by atoms with E-state index in [2.05, 4.69) is 4.98 Å². The normalized spacial score (nSPS) is 17.8. The van der Waals surface area contributed by atoms with Gasteiger partial charge in [-0.15, -0.1) is 0 Å². The van der Waals surface area contributed by atoms with Crippen molar-refractivity contribution in [3.8, 4) is 0 Å². The lowest BCUT2D eigenvalue weighted by molar-refractivity contribution is 0.104. The van der Waals surface area contributed by atoms with E-state index >= 15 is 0 Å². The molecule has 0 amide bonds. The third kappa shape index (κ3) is 5.14. The Morgan fingerprint density at radius 1 is 1.21 bits per heavy atom. The molecule has 0 aliphatic heterocycles. The molecule has 1 aromatic rings. The minimum absolute atomic E-state index is 0.0474. The first-order valence-corrected chi connectivity index (χ1v) is 8.74. The predicted molar refractivity (Wildman–Crippen MR) is 80.6 cm³/mol. The summed E-state index contributed by atoms with van der Waals surface area (Å²) in [5, 5.41) is -0.0689. The first kappa shape index (κ1) is 15.4. The van der Waals surface area contributed by atoms with E-state index < -0.39 is 0 Å². The van der Waals surface area contributed by atoms with E-state index in [4.69, 9.17) is 27.9 Å². The van der Waals surface area contributed by atoms with Gasteiger partial charge < -0.3 is 4.74 Å². The van der Waals surface area contributed by atoms with Crippen LogP contribution in [0, 0.1) is 0 Å². The van der Waals surface area contributed by atoms with Crippen LogP contribution in [-0.4, -0.2) is 16.4 Å². The van der Waals surface area contributed by atoms with Gasteiger partial charge >= 0.3 is 5.30 Å². The SMILES string of the molecule is O=C(OC1CCCCCCC1)Sc1nc(Cl)c(Cl)s1. The molecule has 0 spiro atoms. The number of aromatic nitrogens is 1. The van der Waals surface area contributed by atoms with E-state index in [9.17, 15) is 4.79 Å². The Kier molecular flexibility index (Phi) is 6.26. The average Bonchev–Trinajstić information content (AvgIpc) is 2.61. The zero-order chi connectivity index (χ0) is 13.7. The summed E-state index contributed by atoms with van der Waals surface area (Å²) in [6.07, 6.45) is 8.02. The van der Waals surface area contributed by atoms with Crippen LogP contribution < -0.4 is 0 Å². The fourth-order valence-electron chi connectivity index (χ4n) is 2.08. The van der Waals surface area contributed by atoms with Gasteiger partial charge in [0.05, 0.1) is 0 Å². The van der Waals surface area contributed by atoms with E-state index in [1.807, 2.05) is 0 Å². The van der Waals surface area contributed by atoms with Gasteiger partial charge in [-0.1, -0.05) is 53.8 Å². The van der Waals surface area contributed by atoms with E-state index in [-0.39, 0.29) is 16.6 Å². The Bertz CT molecular complexity index is 412. The van der Waals surface area contributed by atoms with Crippen molar-refractivity contribution >= 4 is 51.6 Å². The number of nitrogens with zero attached hydrogens (tertiary/aromatic N) is 1. The lowest BCUT2D eigenvalue weighted by Crippen LogP contribution is -2.16. The standard InChI is InChI=1S/C12H15Cl2NO2S2/c13-9-10(14)18-11(15-9)19-12(16)17-8-6-4-2-1-3-5-7-8/h8H,1-7H2. The maximum Gasteiger partial charge on any atom is 0.374 e. The largest absolute Gasteiger partial charge is 0.454 e. The van der Waals surface area contributed by atoms with Gasteiger partial charge in [0.1, 0.15) is 10.4 Å². The topological polar surface area (TPSA) is 39.2 Å². The van der Waals surface area contributed by atoms with Gasteiger partial charge in [0, 0.05) is 11.8 Å². The van der Waals surface area contributed by atoms with Gasteiger partial charge in [0.2, 0.25) is 0 Å². The second-order valence-corrected chi connectivity index (χ2v) is 7.62. The van der Waals surface area contributed by atoms with Gasteiger partial charge in [-0.2, -0.15) is 0 Å². The fraction of sp³-hybridized carbons (Fsp3) is 0.667. The third-order valence-electron chi connectivity index (χ3n) is 3.01. The molecular weight excluding hydrogens is 325 g/mol. The van der Waals surface area contributed by atoms with Crippen molar-refractivity contribution in [2.75, 3.05) is 0 Å². The smallest absolute Gasteiger partial charge is 0.374 e. The fourth-order valence-corrected chi connectivity index (χ4v) is 4.28. The zero-order valence-corrected chi connectivity index (χ0v) is 13.5. The molecule has 1 heterocycles. The molecule has 0 aromatic carbocycles. The quantitative estimate of drug-likeness (QED) is 0.504. The van der Waals surface area contributed by atoms with E-state index in [1.54, 1.807) is 0 Å². The van der Waals surface area contributed by atoms with Gasteiger partial charge in [0.25, 0.3) is 0 Å². The molecule has 1 saturated carbocycles. The Labute approximate surface area is 131 Å². The maximum absolute atomic E-state index is 11.8. The molecular formula is C12H15Cl2NO2S2. The number of halogens is 2. The molecule has 0 bridgehead atoms. The molecule has 1 aliphatic rings. The van der Waals surface area contributed by atoms with Crippen molar-refractivity contribution in [2.45, 2.75) is 55.4 Å². The maximum atomic E-state index is 11.8. The van der Waals surface area contributed by atoms with Crippen molar-refractivity contribution in [1.82, 2.24) is 4.98 Å². The van der Waals surface area contributed by atoms with Crippen molar-refractivity contribution in [3.05, 3.63) is 9.49 Å². The van der Waals surface area contributed by atoms with E-state index in [0.29, 0.717) is 8.68 Å². The Morgan fingerprint density at radius 3 is 2.42 bits per heavy atom. The molecule has 2 rings (SSSR count). The molecule has 0 atom stereocenters. The number of carbonyl (C=O) groups excluding carboxylic acids is 1. The second-order valence-electron chi connectivity index (χ2n) is 4.48. The first-order valence-electron chi connectivity index (χ1n) is 6.35. The van der Waals surface area contributed by atoms with Crippen molar-refractivity contribution in [1.29, 1.82) is 0 Å². The van der Waals surface area contributed by atoms with Crippen LogP contribution in [0.25, 0.3) is 0 Å². The Morgan fingerprint density at radius 2 is 1.84 bits per heavy atom.